The minimum Gasteiger partial charge on any atom is -0.465 e. The van der Waals surface area contributed by atoms with Gasteiger partial charge >= 0.3 is 5.97 Å². The van der Waals surface area contributed by atoms with Gasteiger partial charge in [0, 0.05) is 6.92 Å². The lowest BCUT2D eigenvalue weighted by atomic mass is 10.0. The van der Waals surface area contributed by atoms with Crippen LogP contribution in [0.2, 0.25) is 0 Å². The number of ether oxygens (including phenoxy) is 1. The van der Waals surface area contributed by atoms with E-state index in [9.17, 15) is 4.79 Å². The van der Waals surface area contributed by atoms with Gasteiger partial charge in [-0.15, -0.1) is 0 Å². The molecule has 0 aliphatic carbocycles. The fourth-order valence-electron chi connectivity index (χ4n) is 6.18. The molecule has 0 aliphatic rings. The molecule has 0 saturated carbocycles. The van der Waals surface area contributed by atoms with Crippen LogP contribution in [0.5, 0.6) is 0 Å². The number of carbonyl (C=O) groups is 1. The number of carbonyl (C=O) groups excluding carboxylic acids is 1. The van der Waals surface area contributed by atoms with Crippen LogP contribution in [0.15, 0.2) is 0 Å². The number of rotatable bonds is 39. The monoisotopic (exact) mass is 689 g/mol. The molecule has 276 valence electrons. The van der Waals surface area contributed by atoms with Gasteiger partial charge in [-0.3, -0.25) is 4.79 Å². The van der Waals surface area contributed by atoms with Crippen LogP contribution in [0.1, 0.15) is 226 Å². The third kappa shape index (κ3) is 36.9. The van der Waals surface area contributed by atoms with Crippen LogP contribution in [0, 0.1) is 0 Å². The van der Waals surface area contributed by atoms with E-state index in [0.717, 1.165) is 12.8 Å². The molecular formula is C40H81O4PS. The predicted molar refractivity (Wildman–Crippen MR) is 207 cm³/mol. The number of hydrogen-bond acceptors (Lipinski definition) is 5. The minimum absolute atomic E-state index is 0.267. The second-order valence-electron chi connectivity index (χ2n) is 13.9. The SMILES string of the molecule is CCCCCCCCCCCCCCCCCCOP(=S)(CCOC(C)=O)OCCCCCCCCCCCCCCCCCC. The van der Waals surface area contributed by atoms with Gasteiger partial charge in [0.2, 0.25) is 0 Å². The Morgan fingerprint density at radius 3 is 0.891 bits per heavy atom. The van der Waals surface area contributed by atoms with E-state index in [0.29, 0.717) is 26.0 Å². The molecule has 0 aromatic carbocycles. The average Bonchev–Trinajstić information content (AvgIpc) is 3.04. The van der Waals surface area contributed by atoms with Crippen molar-refractivity contribution in [3.8, 4) is 0 Å². The molecular weight excluding hydrogens is 607 g/mol. The molecule has 0 aromatic heterocycles. The zero-order valence-electron chi connectivity index (χ0n) is 31.4. The van der Waals surface area contributed by atoms with E-state index < -0.39 is 6.49 Å². The highest BCUT2D eigenvalue weighted by Gasteiger charge is 2.19. The summed E-state index contributed by atoms with van der Waals surface area (Å²) in [5, 5.41) is 0. The van der Waals surface area contributed by atoms with Gasteiger partial charge in [-0.2, -0.15) is 0 Å². The Morgan fingerprint density at radius 1 is 0.413 bits per heavy atom. The Labute approximate surface area is 294 Å². The summed E-state index contributed by atoms with van der Waals surface area (Å²) >= 11 is 5.85. The largest absolute Gasteiger partial charge is 0.465 e. The highest BCUT2D eigenvalue weighted by atomic mass is 32.5. The molecule has 0 heterocycles. The van der Waals surface area contributed by atoms with Crippen molar-refractivity contribution >= 4 is 24.3 Å². The van der Waals surface area contributed by atoms with E-state index in [-0.39, 0.29) is 5.97 Å². The van der Waals surface area contributed by atoms with Crippen LogP contribution in [0.25, 0.3) is 0 Å². The number of hydrogen-bond donors (Lipinski definition) is 0. The fraction of sp³-hybridized carbons (Fsp3) is 0.975. The Hall–Kier alpha value is 0.0400. The molecule has 4 nitrogen and oxygen atoms in total. The highest BCUT2D eigenvalue weighted by Crippen LogP contribution is 2.48. The smallest absolute Gasteiger partial charge is 0.302 e. The van der Waals surface area contributed by atoms with E-state index in [1.165, 1.54) is 200 Å². The molecule has 0 saturated heterocycles. The normalized spacial score (nSPS) is 11.8. The van der Waals surface area contributed by atoms with Gasteiger partial charge in [0.15, 0.2) is 6.49 Å². The second-order valence-corrected chi connectivity index (χ2v) is 17.8. The van der Waals surface area contributed by atoms with Crippen molar-refractivity contribution in [3.63, 3.8) is 0 Å². The van der Waals surface area contributed by atoms with Gasteiger partial charge in [0.1, 0.15) is 6.61 Å². The predicted octanol–water partition coefficient (Wildman–Crippen LogP) is 14.4. The van der Waals surface area contributed by atoms with Crippen LogP contribution < -0.4 is 0 Å². The summed E-state index contributed by atoms with van der Waals surface area (Å²) in [5.74, 6) is -0.267. The van der Waals surface area contributed by atoms with Crippen molar-refractivity contribution in [1.29, 1.82) is 0 Å². The fourth-order valence-corrected chi connectivity index (χ4v) is 8.31. The lowest BCUT2D eigenvalue weighted by molar-refractivity contribution is -0.140. The molecule has 0 N–H and O–H groups in total. The minimum atomic E-state index is -2.40. The van der Waals surface area contributed by atoms with Crippen molar-refractivity contribution < 1.29 is 18.6 Å². The Bertz CT molecular complexity index is 617. The molecule has 0 bridgehead atoms. The summed E-state index contributed by atoms with van der Waals surface area (Å²) in [6.45, 7) is 5.24. The Kier molecular flexibility index (Phi) is 37.9. The van der Waals surface area contributed by atoms with E-state index in [1.807, 2.05) is 0 Å². The maximum Gasteiger partial charge on any atom is 0.302 e. The maximum absolute atomic E-state index is 11.3. The number of unbranched alkanes of at least 4 members (excludes halogenated alkanes) is 30. The molecule has 0 aromatic rings. The molecule has 0 spiro atoms. The van der Waals surface area contributed by atoms with Crippen molar-refractivity contribution in [2.24, 2.45) is 0 Å². The van der Waals surface area contributed by atoms with Gasteiger partial charge in [-0.05, 0) is 24.6 Å². The average molecular weight is 689 g/mol. The first-order valence-electron chi connectivity index (χ1n) is 20.6. The molecule has 0 aliphatic heterocycles. The molecule has 6 heteroatoms. The van der Waals surface area contributed by atoms with E-state index >= 15 is 0 Å². The Morgan fingerprint density at radius 2 is 0.652 bits per heavy atom. The lowest BCUT2D eigenvalue weighted by Gasteiger charge is -2.22. The van der Waals surface area contributed by atoms with Gasteiger partial charge in [-0.25, -0.2) is 0 Å². The van der Waals surface area contributed by atoms with Crippen LogP contribution >= 0.6 is 6.49 Å². The Balaban J connectivity index is 3.74. The summed E-state index contributed by atoms with van der Waals surface area (Å²) in [6.07, 6.45) is 44.0. The molecule has 46 heavy (non-hydrogen) atoms. The zero-order valence-corrected chi connectivity index (χ0v) is 33.2. The van der Waals surface area contributed by atoms with E-state index in [1.54, 1.807) is 0 Å². The standard InChI is InChI=1S/C40H81O4PS/c1-4-6-8-10-12-14-16-18-20-22-24-26-28-30-32-34-36-43-45(46,39-38-42-40(3)41)44-37-35-33-31-29-27-25-23-21-19-17-15-13-11-9-7-5-2/h4-39H2,1-3H3. The number of esters is 1. The van der Waals surface area contributed by atoms with Crippen LogP contribution in [0.4, 0.5) is 0 Å². The summed E-state index contributed by atoms with van der Waals surface area (Å²) in [5.41, 5.74) is 0. The second kappa shape index (κ2) is 37.9. The van der Waals surface area contributed by atoms with Crippen molar-refractivity contribution in [3.05, 3.63) is 0 Å². The molecule has 0 radical (unpaired) electrons. The highest BCUT2D eigenvalue weighted by molar-refractivity contribution is 8.09. The van der Waals surface area contributed by atoms with Crippen LogP contribution in [-0.4, -0.2) is 32.0 Å². The third-order valence-electron chi connectivity index (χ3n) is 9.24. The van der Waals surface area contributed by atoms with Gasteiger partial charge in [0.25, 0.3) is 0 Å². The first-order valence-corrected chi connectivity index (χ1v) is 23.4. The molecule has 0 rings (SSSR count). The summed E-state index contributed by atoms with van der Waals surface area (Å²) in [6, 6.07) is 0. The summed E-state index contributed by atoms with van der Waals surface area (Å²) in [7, 11) is 0. The van der Waals surface area contributed by atoms with Crippen molar-refractivity contribution in [1.82, 2.24) is 0 Å². The van der Waals surface area contributed by atoms with Crippen molar-refractivity contribution in [2.45, 2.75) is 226 Å². The van der Waals surface area contributed by atoms with Crippen molar-refractivity contribution in [2.75, 3.05) is 26.0 Å². The topological polar surface area (TPSA) is 44.8 Å². The first-order chi connectivity index (χ1) is 22.5. The third-order valence-corrected chi connectivity index (χ3v) is 12.3. The quantitative estimate of drug-likeness (QED) is 0.0365. The van der Waals surface area contributed by atoms with Gasteiger partial charge in [0.05, 0.1) is 19.4 Å². The summed E-state index contributed by atoms with van der Waals surface area (Å²) in [4.78, 5) is 11.3. The van der Waals surface area contributed by atoms with E-state index in [4.69, 9.17) is 25.6 Å². The first kappa shape index (κ1) is 46.0. The molecule has 0 unspecified atom stereocenters. The van der Waals surface area contributed by atoms with Gasteiger partial charge in [-0.1, -0.05) is 206 Å². The van der Waals surface area contributed by atoms with Crippen LogP contribution in [-0.2, 0) is 30.4 Å². The maximum atomic E-state index is 11.3. The summed E-state index contributed by atoms with van der Waals surface area (Å²) < 4.78 is 17.5. The van der Waals surface area contributed by atoms with Gasteiger partial charge < -0.3 is 13.8 Å². The molecule has 0 atom stereocenters. The van der Waals surface area contributed by atoms with E-state index in [2.05, 4.69) is 13.8 Å². The molecule has 0 amide bonds. The van der Waals surface area contributed by atoms with Crippen LogP contribution in [0.3, 0.4) is 0 Å². The lowest BCUT2D eigenvalue weighted by Crippen LogP contribution is -2.09. The molecule has 0 fully saturated rings. The zero-order chi connectivity index (χ0) is 33.7.